The average molecular weight is 798 g/mol. The molecule has 0 fully saturated rings. The molecule has 0 saturated heterocycles. The number of nitrogens with one attached hydrogen (secondary N) is 3. The molecule has 0 radical (unpaired) electrons. The number of anilines is 2. The highest BCUT2D eigenvalue weighted by Crippen LogP contribution is 2.41. The number of amides is 3. The van der Waals surface area contributed by atoms with Crippen molar-refractivity contribution in [1.29, 1.82) is 0 Å². The summed E-state index contributed by atoms with van der Waals surface area (Å²) in [5, 5.41) is 10.1. The normalized spacial score (nSPS) is 11.5. The quantitative estimate of drug-likeness (QED) is 0.0565. The Balaban J connectivity index is 1.28. The second-order valence-electron chi connectivity index (χ2n) is 12.6. The molecule has 3 amide bonds. The number of carbonyl (C=O) groups is 4. The Morgan fingerprint density at radius 1 is 0.754 bits per heavy atom. The number of benzene rings is 5. The van der Waals surface area contributed by atoms with Crippen LogP contribution in [0, 0.1) is 6.92 Å². The first kappa shape index (κ1) is 40.0. The van der Waals surface area contributed by atoms with Gasteiger partial charge in [0.25, 0.3) is 11.8 Å². The van der Waals surface area contributed by atoms with Crippen LogP contribution in [0.25, 0.3) is 17.2 Å². The summed E-state index contributed by atoms with van der Waals surface area (Å²) >= 11 is 2.52. The maximum absolute atomic E-state index is 14.2. The number of aryl methyl sites for hydroxylation is 1. The third kappa shape index (κ3) is 9.79. The lowest BCUT2D eigenvalue weighted by Gasteiger charge is -2.18. The molecule has 12 heteroatoms. The first-order chi connectivity index (χ1) is 27.7. The lowest BCUT2D eigenvalue weighted by molar-refractivity contribution is -0.116. The minimum absolute atomic E-state index is 0.0441. The van der Waals surface area contributed by atoms with Crippen molar-refractivity contribution in [2.75, 3.05) is 32.0 Å². The highest BCUT2D eigenvalue weighted by atomic mass is 32.2. The summed E-state index contributed by atoms with van der Waals surface area (Å²) in [5.74, 6) is -1.16. The van der Waals surface area contributed by atoms with Gasteiger partial charge in [0.05, 0.1) is 21.3 Å². The van der Waals surface area contributed by atoms with Crippen molar-refractivity contribution in [2.24, 2.45) is 0 Å². The van der Waals surface area contributed by atoms with Crippen LogP contribution in [-0.2, 0) is 14.3 Å². The maximum Gasteiger partial charge on any atom is 0.341 e. The van der Waals surface area contributed by atoms with Gasteiger partial charge in [0, 0.05) is 32.7 Å². The van der Waals surface area contributed by atoms with E-state index in [1.54, 1.807) is 66.7 Å². The summed E-state index contributed by atoms with van der Waals surface area (Å²) in [5.41, 5.74) is 4.81. The molecule has 0 saturated carbocycles. The first-order valence-electron chi connectivity index (χ1n) is 17.7. The molecule has 1 aromatic heterocycles. The predicted molar refractivity (Wildman–Crippen MR) is 226 cm³/mol. The minimum atomic E-state index is -0.756. The van der Waals surface area contributed by atoms with Crippen molar-refractivity contribution in [3.63, 3.8) is 0 Å². The van der Waals surface area contributed by atoms with E-state index in [2.05, 4.69) is 16.0 Å². The van der Waals surface area contributed by atoms with E-state index in [-0.39, 0.29) is 17.2 Å². The van der Waals surface area contributed by atoms with Gasteiger partial charge >= 0.3 is 5.97 Å². The molecule has 1 atom stereocenters. The molecule has 1 unspecified atom stereocenters. The van der Waals surface area contributed by atoms with Gasteiger partial charge in [-0.25, -0.2) is 4.79 Å². The van der Waals surface area contributed by atoms with Crippen molar-refractivity contribution in [3.05, 3.63) is 166 Å². The molecular formula is C45H39N3O7S2. The topological polar surface area (TPSA) is 132 Å². The van der Waals surface area contributed by atoms with E-state index in [0.717, 1.165) is 16.7 Å². The lowest BCUT2D eigenvalue weighted by Crippen LogP contribution is -2.30. The highest BCUT2D eigenvalue weighted by molar-refractivity contribution is 8.00. The molecule has 57 heavy (non-hydrogen) atoms. The molecule has 10 nitrogen and oxygen atoms in total. The van der Waals surface area contributed by atoms with Crippen molar-refractivity contribution in [2.45, 2.75) is 17.1 Å². The summed E-state index contributed by atoms with van der Waals surface area (Å²) in [4.78, 5) is 55.2. The van der Waals surface area contributed by atoms with Crippen molar-refractivity contribution >= 4 is 63.6 Å². The van der Waals surface area contributed by atoms with Gasteiger partial charge in [-0.05, 0) is 60.5 Å². The predicted octanol–water partition coefficient (Wildman–Crippen LogP) is 9.41. The Labute approximate surface area is 338 Å². The van der Waals surface area contributed by atoms with Gasteiger partial charge in [-0.3, -0.25) is 14.4 Å². The molecule has 6 aromatic rings. The van der Waals surface area contributed by atoms with E-state index >= 15 is 0 Å². The van der Waals surface area contributed by atoms with Gasteiger partial charge in [0.15, 0.2) is 11.5 Å². The molecule has 0 spiro atoms. The van der Waals surface area contributed by atoms with E-state index in [1.807, 2.05) is 73.0 Å². The first-order valence-corrected chi connectivity index (χ1v) is 19.4. The molecule has 1 heterocycles. The Hall–Kier alpha value is -6.63. The molecule has 0 aliphatic carbocycles. The summed E-state index contributed by atoms with van der Waals surface area (Å²) in [7, 11) is 4.31. The zero-order valence-electron chi connectivity index (χ0n) is 31.5. The fourth-order valence-electron chi connectivity index (χ4n) is 5.88. The second-order valence-corrected chi connectivity index (χ2v) is 14.6. The second kappa shape index (κ2) is 18.8. The van der Waals surface area contributed by atoms with Crippen molar-refractivity contribution in [3.8, 4) is 22.6 Å². The third-order valence-corrected chi connectivity index (χ3v) is 10.9. The lowest BCUT2D eigenvalue weighted by atomic mass is 10.0. The number of esters is 1. The largest absolute Gasteiger partial charge is 0.493 e. The van der Waals surface area contributed by atoms with Crippen LogP contribution in [0.15, 0.2) is 143 Å². The molecule has 3 N–H and O–H groups in total. The van der Waals surface area contributed by atoms with Gasteiger partial charge in [-0.2, -0.15) is 0 Å². The summed E-state index contributed by atoms with van der Waals surface area (Å²) in [6.07, 6.45) is 1.52. The fraction of sp³-hybridized carbons (Fsp3) is 0.111. The average Bonchev–Trinajstić information content (AvgIpc) is 3.66. The number of carbonyl (C=O) groups excluding carboxylic acids is 4. The van der Waals surface area contributed by atoms with Gasteiger partial charge in [-0.1, -0.05) is 96.6 Å². The van der Waals surface area contributed by atoms with Crippen LogP contribution in [0.5, 0.6) is 11.5 Å². The Kier molecular flexibility index (Phi) is 13.2. The standard InChI is InChI=1S/C45H39N3O7S2/c1-28-21-23-29(24-22-28)35-27-56-44(38(35)45(52)55-4)48-43(51)40(30-13-7-5-8-14-30)57-34-19-12-18-33(26-34)46-42(50)36(47-41(49)31-15-9-6-10-16-31)25-32-17-11-20-37(53-2)39(32)54-3/h5-27,40H,1-4H3,(H,46,50)(H,47,49)(H,48,51)/b36-25+. The van der Waals surface area contributed by atoms with E-state index < -0.39 is 23.0 Å². The molecule has 6 rings (SSSR count). The van der Waals surface area contributed by atoms with Gasteiger partial charge in [0.1, 0.15) is 21.5 Å². The summed E-state index contributed by atoms with van der Waals surface area (Å²) in [6.45, 7) is 1.98. The van der Waals surface area contributed by atoms with Crippen LogP contribution in [0.4, 0.5) is 10.7 Å². The van der Waals surface area contributed by atoms with Crippen LogP contribution in [-0.4, -0.2) is 45.0 Å². The van der Waals surface area contributed by atoms with Crippen LogP contribution in [0.2, 0.25) is 0 Å². The number of rotatable bonds is 14. The van der Waals surface area contributed by atoms with E-state index in [1.165, 1.54) is 50.5 Å². The monoisotopic (exact) mass is 797 g/mol. The summed E-state index contributed by atoms with van der Waals surface area (Å²) < 4.78 is 16.2. The van der Waals surface area contributed by atoms with E-state index in [9.17, 15) is 19.2 Å². The van der Waals surface area contributed by atoms with Crippen LogP contribution in [0.3, 0.4) is 0 Å². The van der Waals surface area contributed by atoms with Crippen LogP contribution >= 0.6 is 23.1 Å². The van der Waals surface area contributed by atoms with Gasteiger partial charge in [-0.15, -0.1) is 23.1 Å². The number of thioether (sulfide) groups is 1. The zero-order chi connectivity index (χ0) is 40.3. The number of thiophene rings is 1. The number of para-hydroxylation sites is 1. The molecular weight excluding hydrogens is 759 g/mol. The maximum atomic E-state index is 14.2. The number of ether oxygens (including phenoxy) is 3. The molecule has 288 valence electrons. The van der Waals surface area contributed by atoms with E-state index in [4.69, 9.17) is 14.2 Å². The van der Waals surface area contributed by atoms with Crippen molar-refractivity contribution in [1.82, 2.24) is 5.32 Å². The Bertz CT molecular complexity index is 2410. The summed E-state index contributed by atoms with van der Waals surface area (Å²) in [6, 6.07) is 37.9. The zero-order valence-corrected chi connectivity index (χ0v) is 33.2. The highest BCUT2D eigenvalue weighted by Gasteiger charge is 2.27. The van der Waals surface area contributed by atoms with Crippen LogP contribution < -0.4 is 25.4 Å². The van der Waals surface area contributed by atoms with Crippen LogP contribution in [0.1, 0.15) is 42.7 Å². The number of hydrogen-bond donors (Lipinski definition) is 3. The molecule has 0 aliphatic rings. The Morgan fingerprint density at radius 3 is 2.14 bits per heavy atom. The van der Waals surface area contributed by atoms with Gasteiger partial charge in [0.2, 0.25) is 5.91 Å². The minimum Gasteiger partial charge on any atom is -0.493 e. The number of hydrogen-bond acceptors (Lipinski definition) is 9. The van der Waals surface area contributed by atoms with E-state index in [0.29, 0.717) is 43.8 Å². The Morgan fingerprint density at radius 2 is 1.46 bits per heavy atom. The smallest absolute Gasteiger partial charge is 0.341 e. The van der Waals surface area contributed by atoms with Gasteiger partial charge < -0.3 is 30.2 Å². The third-order valence-electron chi connectivity index (χ3n) is 8.73. The van der Waals surface area contributed by atoms with Crippen molar-refractivity contribution < 1.29 is 33.4 Å². The fourth-order valence-corrected chi connectivity index (χ4v) is 7.93. The molecule has 0 aliphatic heterocycles. The molecule has 0 bridgehead atoms. The number of methoxy groups -OCH3 is 3. The SMILES string of the molecule is COC(=O)c1c(-c2ccc(C)cc2)csc1NC(=O)C(Sc1cccc(NC(=O)/C(=C\c2cccc(OC)c2OC)NC(=O)c2ccccc2)c1)c1ccccc1. The molecule has 5 aromatic carbocycles.